The fourth-order valence-corrected chi connectivity index (χ4v) is 3.20. The first kappa shape index (κ1) is 10.2. The number of para-hydroxylation sites is 1. The van der Waals surface area contributed by atoms with Crippen LogP contribution in [0, 0.1) is 5.41 Å². The third kappa shape index (κ3) is 1.46. The summed E-state index contributed by atoms with van der Waals surface area (Å²) >= 11 is 1.80. The molecule has 0 bridgehead atoms. The van der Waals surface area contributed by atoms with Gasteiger partial charge < -0.3 is 4.90 Å². The van der Waals surface area contributed by atoms with Gasteiger partial charge in [-0.1, -0.05) is 32.9 Å². The Morgan fingerprint density at radius 3 is 2.81 bits per heavy atom. The van der Waals surface area contributed by atoms with E-state index in [1.54, 1.807) is 11.8 Å². The van der Waals surface area contributed by atoms with Crippen LogP contribution in [0.25, 0.3) is 0 Å². The summed E-state index contributed by atoms with van der Waals surface area (Å²) in [7, 11) is 0. The quantitative estimate of drug-likeness (QED) is 0.681. The smallest absolute Gasteiger partial charge is 0.169 e. The van der Waals surface area contributed by atoms with Crippen LogP contribution in [-0.4, -0.2) is 17.8 Å². The van der Waals surface area contributed by atoms with E-state index in [9.17, 15) is 0 Å². The van der Waals surface area contributed by atoms with Gasteiger partial charge >= 0.3 is 0 Å². The largest absolute Gasteiger partial charge is 0.318 e. The predicted octanol–water partition coefficient (Wildman–Crippen LogP) is 3.38. The molecule has 1 aromatic carbocycles. The number of anilines is 1. The lowest BCUT2D eigenvalue weighted by Crippen LogP contribution is -2.31. The SMILES string of the molecule is CC(C)(C)[C@H]1CN2C(=N1)Sc1ccccc12. The van der Waals surface area contributed by atoms with Crippen LogP contribution in [0.5, 0.6) is 0 Å². The molecule has 0 unspecified atom stereocenters. The second-order valence-corrected chi connectivity index (χ2v) is 6.48. The Morgan fingerprint density at radius 1 is 1.31 bits per heavy atom. The molecular formula is C13H16N2S. The number of amidine groups is 1. The minimum absolute atomic E-state index is 0.257. The molecule has 3 rings (SSSR count). The molecule has 2 aliphatic heterocycles. The Balaban J connectivity index is 1.94. The van der Waals surface area contributed by atoms with Crippen molar-refractivity contribution in [2.45, 2.75) is 31.7 Å². The van der Waals surface area contributed by atoms with Gasteiger partial charge in [0, 0.05) is 11.4 Å². The molecule has 3 heteroatoms. The van der Waals surface area contributed by atoms with Gasteiger partial charge in [0.1, 0.15) is 0 Å². The Morgan fingerprint density at radius 2 is 2.06 bits per heavy atom. The van der Waals surface area contributed by atoms with Gasteiger partial charge in [-0.25, -0.2) is 0 Å². The topological polar surface area (TPSA) is 15.6 Å². The number of benzene rings is 1. The van der Waals surface area contributed by atoms with Crippen LogP contribution in [0.15, 0.2) is 34.2 Å². The van der Waals surface area contributed by atoms with Gasteiger partial charge in [0.25, 0.3) is 0 Å². The van der Waals surface area contributed by atoms with Crippen LogP contribution >= 0.6 is 11.8 Å². The van der Waals surface area contributed by atoms with Crippen molar-refractivity contribution in [1.29, 1.82) is 0 Å². The number of thioether (sulfide) groups is 1. The van der Waals surface area contributed by atoms with Crippen molar-refractivity contribution in [2.75, 3.05) is 11.4 Å². The number of hydrogen-bond acceptors (Lipinski definition) is 3. The average Bonchev–Trinajstić information content (AvgIpc) is 2.72. The molecular weight excluding hydrogens is 216 g/mol. The molecule has 1 aromatic rings. The molecule has 0 fully saturated rings. The molecule has 0 spiro atoms. The maximum absolute atomic E-state index is 4.84. The predicted molar refractivity (Wildman–Crippen MR) is 70.3 cm³/mol. The van der Waals surface area contributed by atoms with Crippen molar-refractivity contribution < 1.29 is 0 Å². The van der Waals surface area contributed by atoms with E-state index in [4.69, 9.17) is 4.99 Å². The number of hydrogen-bond donors (Lipinski definition) is 0. The highest BCUT2D eigenvalue weighted by atomic mass is 32.2. The molecule has 16 heavy (non-hydrogen) atoms. The minimum Gasteiger partial charge on any atom is -0.318 e. The van der Waals surface area contributed by atoms with Crippen molar-refractivity contribution >= 4 is 22.6 Å². The van der Waals surface area contributed by atoms with E-state index in [1.165, 1.54) is 15.8 Å². The lowest BCUT2D eigenvalue weighted by Gasteiger charge is -2.25. The second kappa shape index (κ2) is 3.27. The average molecular weight is 232 g/mol. The normalized spacial score (nSPS) is 23.1. The standard InChI is InChI=1S/C13H16N2S/c1-13(2,3)11-8-15-9-6-4-5-7-10(9)16-12(15)14-11/h4-7,11H,8H2,1-3H3/t11-/m1/s1. The number of nitrogens with zero attached hydrogens (tertiary/aromatic N) is 2. The highest BCUT2D eigenvalue weighted by Crippen LogP contribution is 2.44. The lowest BCUT2D eigenvalue weighted by molar-refractivity contribution is 0.337. The molecule has 2 aliphatic rings. The zero-order valence-corrected chi connectivity index (χ0v) is 10.7. The second-order valence-electron chi connectivity index (χ2n) is 5.47. The molecule has 0 N–H and O–H groups in total. The summed E-state index contributed by atoms with van der Waals surface area (Å²) in [4.78, 5) is 8.54. The van der Waals surface area contributed by atoms with E-state index in [1.807, 2.05) is 0 Å². The molecule has 2 nitrogen and oxygen atoms in total. The van der Waals surface area contributed by atoms with Crippen LogP contribution in [0.4, 0.5) is 5.69 Å². The van der Waals surface area contributed by atoms with Crippen molar-refractivity contribution in [1.82, 2.24) is 0 Å². The van der Waals surface area contributed by atoms with E-state index in [-0.39, 0.29) is 5.41 Å². The third-order valence-electron chi connectivity index (χ3n) is 3.21. The summed E-state index contributed by atoms with van der Waals surface area (Å²) in [6.07, 6.45) is 0. The maximum Gasteiger partial charge on any atom is 0.169 e. The highest BCUT2D eigenvalue weighted by molar-refractivity contribution is 8.14. The Hall–Kier alpha value is -0.960. The number of fused-ring (bicyclic) bond motifs is 3. The van der Waals surface area contributed by atoms with Gasteiger partial charge in [0.2, 0.25) is 0 Å². The monoisotopic (exact) mass is 232 g/mol. The fourth-order valence-electron chi connectivity index (χ4n) is 2.11. The number of aliphatic imine (C=N–C) groups is 1. The first-order chi connectivity index (χ1) is 7.55. The summed E-state index contributed by atoms with van der Waals surface area (Å²) in [5.74, 6) is 0. The van der Waals surface area contributed by atoms with Gasteiger partial charge in [-0.15, -0.1) is 0 Å². The van der Waals surface area contributed by atoms with Gasteiger partial charge in [0.05, 0.1) is 11.7 Å². The van der Waals surface area contributed by atoms with E-state index in [0.717, 1.165) is 6.54 Å². The molecule has 0 saturated heterocycles. The zero-order valence-electron chi connectivity index (χ0n) is 9.90. The molecule has 0 aliphatic carbocycles. The number of rotatable bonds is 0. The van der Waals surface area contributed by atoms with E-state index >= 15 is 0 Å². The van der Waals surface area contributed by atoms with Gasteiger partial charge in [-0.3, -0.25) is 4.99 Å². The molecule has 84 valence electrons. The van der Waals surface area contributed by atoms with Gasteiger partial charge in [-0.2, -0.15) is 0 Å². The van der Waals surface area contributed by atoms with Crippen LogP contribution in [0.2, 0.25) is 0 Å². The summed E-state index contributed by atoms with van der Waals surface area (Å²) < 4.78 is 0. The van der Waals surface area contributed by atoms with Crippen molar-refractivity contribution in [3.8, 4) is 0 Å². The summed E-state index contributed by atoms with van der Waals surface area (Å²) in [5.41, 5.74) is 1.59. The van der Waals surface area contributed by atoms with Gasteiger partial charge in [-0.05, 0) is 29.3 Å². The maximum atomic E-state index is 4.84. The van der Waals surface area contributed by atoms with Crippen LogP contribution in [-0.2, 0) is 0 Å². The van der Waals surface area contributed by atoms with E-state index < -0.39 is 0 Å². The lowest BCUT2D eigenvalue weighted by atomic mass is 9.87. The molecule has 0 amide bonds. The third-order valence-corrected chi connectivity index (χ3v) is 4.28. The molecule has 1 atom stereocenters. The van der Waals surface area contributed by atoms with Crippen LogP contribution < -0.4 is 4.90 Å². The fraction of sp³-hybridized carbons (Fsp3) is 0.462. The Kier molecular flexibility index (Phi) is 2.08. The van der Waals surface area contributed by atoms with Crippen molar-refractivity contribution in [2.24, 2.45) is 10.4 Å². The van der Waals surface area contributed by atoms with E-state index in [0.29, 0.717) is 6.04 Å². The summed E-state index contributed by atoms with van der Waals surface area (Å²) in [5, 5.41) is 1.18. The van der Waals surface area contributed by atoms with Crippen molar-refractivity contribution in [3.63, 3.8) is 0 Å². The summed E-state index contributed by atoms with van der Waals surface area (Å²) in [6, 6.07) is 8.98. The zero-order chi connectivity index (χ0) is 11.3. The first-order valence-electron chi connectivity index (χ1n) is 5.68. The van der Waals surface area contributed by atoms with E-state index in [2.05, 4.69) is 49.9 Å². The molecule has 0 saturated carbocycles. The van der Waals surface area contributed by atoms with Gasteiger partial charge in [0.15, 0.2) is 5.17 Å². The summed E-state index contributed by atoms with van der Waals surface area (Å²) in [6.45, 7) is 7.82. The first-order valence-corrected chi connectivity index (χ1v) is 6.49. The molecule has 2 heterocycles. The minimum atomic E-state index is 0.257. The Labute approximate surface area is 101 Å². The molecule has 0 aromatic heterocycles. The highest BCUT2D eigenvalue weighted by Gasteiger charge is 2.38. The molecule has 0 radical (unpaired) electrons. The van der Waals surface area contributed by atoms with Crippen LogP contribution in [0.1, 0.15) is 20.8 Å². The van der Waals surface area contributed by atoms with Crippen molar-refractivity contribution in [3.05, 3.63) is 24.3 Å². The van der Waals surface area contributed by atoms with Crippen LogP contribution in [0.3, 0.4) is 0 Å². The Bertz CT molecular complexity index is 459.